The number of aryl methyl sites for hydroxylation is 1. The van der Waals surface area contributed by atoms with Crippen molar-refractivity contribution >= 4 is 46.1 Å². The van der Waals surface area contributed by atoms with Crippen LogP contribution in [-0.4, -0.2) is 110 Å². The first-order valence-corrected chi connectivity index (χ1v) is 21.7. The van der Waals surface area contributed by atoms with Crippen LogP contribution in [0.3, 0.4) is 0 Å². The van der Waals surface area contributed by atoms with E-state index in [-0.39, 0.29) is 29.2 Å². The molecule has 326 valence electrons. The minimum Gasteiger partial charge on any atom is -0.372 e. The number of rotatable bonds is 10. The Hall–Kier alpha value is -6.75. The SMILES string of the molecule is Cc1cc(-c2ncnc3[nH]c(-c4ccc(N5CCN(CC6CCN(c7ccc(N8CCC(=O)NC8=O)cc7)CC6)CC5)cn4)nc23)ccc1C(C)NC(=O)c1noc(C(C)(C)C)n1. The van der Waals surface area contributed by atoms with Gasteiger partial charge in [-0.2, -0.15) is 4.98 Å². The fraction of sp³-hybridized carbons (Fsp3) is 0.413. The second-order valence-corrected chi connectivity index (χ2v) is 17.8. The molecular formula is C46H53N13O4. The lowest BCUT2D eigenvalue weighted by atomic mass is 9.95. The van der Waals surface area contributed by atoms with E-state index in [9.17, 15) is 14.4 Å². The van der Waals surface area contributed by atoms with Crippen LogP contribution in [0.25, 0.3) is 33.9 Å². The van der Waals surface area contributed by atoms with Crippen molar-refractivity contribution in [2.45, 2.75) is 65.3 Å². The smallest absolute Gasteiger partial charge is 0.328 e. The number of fused-ring (bicyclic) bond motifs is 1. The van der Waals surface area contributed by atoms with Gasteiger partial charge < -0.3 is 24.6 Å². The minimum absolute atomic E-state index is 0.0106. The summed E-state index contributed by atoms with van der Waals surface area (Å²) in [5, 5.41) is 9.27. The van der Waals surface area contributed by atoms with Crippen LogP contribution in [0.2, 0.25) is 0 Å². The molecule has 17 nitrogen and oxygen atoms in total. The Morgan fingerprint density at radius 1 is 0.873 bits per heavy atom. The highest BCUT2D eigenvalue weighted by molar-refractivity contribution is 6.05. The fourth-order valence-electron chi connectivity index (χ4n) is 8.72. The number of nitrogens with one attached hydrogen (secondary N) is 3. The van der Waals surface area contributed by atoms with E-state index in [1.165, 1.54) is 12.0 Å². The number of amides is 4. The van der Waals surface area contributed by atoms with Crippen LogP contribution in [0.4, 0.5) is 21.9 Å². The standard InChI is InChI=1S/C46H53N13O4/c1-28-24-31(6-12-35(28)29(2)50-43(61)42-54-44(63-55-42)46(3,4)5)38-39-41(49-27-48-38)53-40(52-39)36-13-11-34(25-47-36)58-22-20-56(21-23-58)26-30-14-17-57(18-15-30)32-7-9-33(10-8-32)59-19-16-37(60)51-45(59)62/h6-13,24-25,27,29-30H,14-23,26H2,1-5H3,(H,50,61)(H,51,60,62)(H,48,49,52,53). The van der Waals surface area contributed by atoms with Gasteiger partial charge in [0.15, 0.2) is 11.5 Å². The first-order chi connectivity index (χ1) is 30.4. The summed E-state index contributed by atoms with van der Waals surface area (Å²) in [6.45, 7) is 17.2. The number of H-pyrrole nitrogens is 1. The summed E-state index contributed by atoms with van der Waals surface area (Å²) in [5.41, 5.74) is 8.25. The molecule has 1 unspecified atom stereocenters. The number of carbonyl (C=O) groups excluding carboxylic acids is 3. The molecule has 3 fully saturated rings. The molecule has 0 radical (unpaired) electrons. The van der Waals surface area contributed by atoms with Gasteiger partial charge in [0, 0.05) is 81.1 Å². The highest BCUT2D eigenvalue weighted by atomic mass is 16.5. The van der Waals surface area contributed by atoms with Crippen LogP contribution >= 0.6 is 0 Å². The van der Waals surface area contributed by atoms with Gasteiger partial charge in [0.1, 0.15) is 23.2 Å². The van der Waals surface area contributed by atoms with Crippen molar-refractivity contribution in [2.75, 3.05) is 67.1 Å². The number of imide groups is 1. The average Bonchev–Trinajstić information content (AvgIpc) is 3.97. The molecule has 1 atom stereocenters. The Morgan fingerprint density at radius 3 is 2.29 bits per heavy atom. The molecular weight excluding hydrogens is 799 g/mol. The first-order valence-electron chi connectivity index (χ1n) is 21.7. The molecule has 3 aliphatic rings. The second kappa shape index (κ2) is 17.2. The summed E-state index contributed by atoms with van der Waals surface area (Å²) < 4.78 is 5.31. The lowest BCUT2D eigenvalue weighted by Gasteiger charge is -2.40. The number of hydrogen-bond donors (Lipinski definition) is 3. The first kappa shape index (κ1) is 41.6. The molecule has 7 heterocycles. The van der Waals surface area contributed by atoms with Crippen molar-refractivity contribution in [3.8, 4) is 22.8 Å². The number of aromatic amines is 1. The predicted molar refractivity (Wildman–Crippen MR) is 240 cm³/mol. The Morgan fingerprint density at radius 2 is 1.60 bits per heavy atom. The van der Waals surface area contributed by atoms with Crippen LogP contribution < -0.4 is 25.3 Å². The van der Waals surface area contributed by atoms with Crippen molar-refractivity contribution in [1.82, 2.24) is 50.6 Å². The topological polar surface area (TPSA) is 194 Å². The summed E-state index contributed by atoms with van der Waals surface area (Å²) in [6.07, 6.45) is 6.08. The molecule has 3 saturated heterocycles. The van der Waals surface area contributed by atoms with Crippen LogP contribution in [-0.2, 0) is 10.2 Å². The molecule has 0 spiro atoms. The van der Waals surface area contributed by atoms with Gasteiger partial charge in [-0.15, -0.1) is 0 Å². The lowest BCUT2D eigenvalue weighted by molar-refractivity contribution is -0.120. The number of anilines is 3. The number of pyridine rings is 1. The van der Waals surface area contributed by atoms with E-state index in [1.54, 1.807) is 4.90 Å². The summed E-state index contributed by atoms with van der Waals surface area (Å²) in [6, 6.07) is 17.6. The molecule has 4 aromatic heterocycles. The van der Waals surface area contributed by atoms with Gasteiger partial charge in [0.25, 0.3) is 11.7 Å². The number of aromatic nitrogens is 7. The van der Waals surface area contributed by atoms with Crippen molar-refractivity contribution in [3.63, 3.8) is 0 Å². The normalized spacial score (nSPS) is 17.3. The molecule has 4 amide bonds. The highest BCUT2D eigenvalue weighted by Crippen LogP contribution is 2.31. The highest BCUT2D eigenvalue weighted by Gasteiger charge is 2.28. The number of carbonyl (C=O) groups is 3. The maximum atomic E-state index is 12.9. The Balaban J connectivity index is 0.768. The Kier molecular flexibility index (Phi) is 11.4. The molecule has 6 aromatic rings. The van der Waals surface area contributed by atoms with Crippen LogP contribution in [0, 0.1) is 12.8 Å². The third-order valence-corrected chi connectivity index (χ3v) is 12.4. The van der Waals surface area contributed by atoms with Crippen LogP contribution in [0.5, 0.6) is 0 Å². The van der Waals surface area contributed by atoms with Crippen molar-refractivity contribution in [2.24, 2.45) is 5.92 Å². The zero-order valence-corrected chi connectivity index (χ0v) is 36.4. The number of nitrogens with zero attached hydrogens (tertiary/aromatic N) is 10. The minimum atomic E-state index is -0.398. The van der Waals surface area contributed by atoms with Gasteiger partial charge in [0.05, 0.1) is 17.9 Å². The summed E-state index contributed by atoms with van der Waals surface area (Å²) in [4.78, 5) is 72.3. The van der Waals surface area contributed by atoms with Gasteiger partial charge in [-0.05, 0) is 86.2 Å². The Bertz CT molecular complexity index is 2620. The maximum Gasteiger partial charge on any atom is 0.328 e. The molecule has 0 bridgehead atoms. The third kappa shape index (κ3) is 8.96. The zero-order chi connectivity index (χ0) is 43.8. The van der Waals surface area contributed by atoms with Crippen molar-refractivity contribution < 1.29 is 18.9 Å². The molecule has 9 rings (SSSR count). The van der Waals surface area contributed by atoms with E-state index in [1.807, 2.05) is 77.2 Å². The summed E-state index contributed by atoms with van der Waals surface area (Å²) in [5.74, 6) is 1.08. The molecule has 2 aromatic carbocycles. The van der Waals surface area contributed by atoms with E-state index >= 15 is 0 Å². The number of benzene rings is 2. The number of imidazole rings is 1. The van der Waals surface area contributed by atoms with E-state index in [0.717, 1.165) is 92.4 Å². The van der Waals surface area contributed by atoms with E-state index in [2.05, 4.69) is 68.6 Å². The molecule has 63 heavy (non-hydrogen) atoms. The van der Waals surface area contributed by atoms with Gasteiger partial charge in [0.2, 0.25) is 11.8 Å². The van der Waals surface area contributed by atoms with Crippen molar-refractivity contribution in [3.05, 3.63) is 90.0 Å². The van der Waals surface area contributed by atoms with E-state index in [4.69, 9.17) is 14.5 Å². The number of piperidine rings is 1. The molecule has 0 saturated carbocycles. The van der Waals surface area contributed by atoms with E-state index < -0.39 is 5.91 Å². The van der Waals surface area contributed by atoms with Gasteiger partial charge in [-0.1, -0.05) is 38.1 Å². The number of piperazine rings is 1. The van der Waals surface area contributed by atoms with Gasteiger partial charge in [-0.3, -0.25) is 29.7 Å². The van der Waals surface area contributed by atoms with Gasteiger partial charge >= 0.3 is 6.03 Å². The van der Waals surface area contributed by atoms with Crippen LogP contribution in [0.1, 0.15) is 80.6 Å². The lowest BCUT2D eigenvalue weighted by Crippen LogP contribution is -2.49. The number of urea groups is 1. The quantitative estimate of drug-likeness (QED) is 0.144. The fourth-order valence-corrected chi connectivity index (χ4v) is 8.72. The van der Waals surface area contributed by atoms with Crippen molar-refractivity contribution in [1.29, 1.82) is 0 Å². The average molecular weight is 852 g/mol. The predicted octanol–water partition coefficient (Wildman–Crippen LogP) is 6.05. The maximum absolute atomic E-state index is 12.9. The molecule has 17 heteroatoms. The molecule has 3 N–H and O–H groups in total. The second-order valence-electron chi connectivity index (χ2n) is 17.8. The number of hydrogen-bond acceptors (Lipinski definition) is 13. The molecule has 0 aliphatic carbocycles. The summed E-state index contributed by atoms with van der Waals surface area (Å²) in [7, 11) is 0. The Labute approximate surface area is 365 Å². The van der Waals surface area contributed by atoms with E-state index in [0.29, 0.717) is 47.5 Å². The summed E-state index contributed by atoms with van der Waals surface area (Å²) >= 11 is 0. The van der Waals surface area contributed by atoms with Gasteiger partial charge in [-0.25, -0.2) is 19.7 Å². The third-order valence-electron chi connectivity index (χ3n) is 12.4. The van der Waals surface area contributed by atoms with Crippen LogP contribution in [0.15, 0.2) is 71.6 Å². The largest absolute Gasteiger partial charge is 0.372 e. The zero-order valence-electron chi connectivity index (χ0n) is 36.4. The monoisotopic (exact) mass is 851 g/mol. The molecule has 3 aliphatic heterocycles.